The Hall–Kier alpha value is -4.84. The molecule has 0 aliphatic carbocycles. The van der Waals surface area contributed by atoms with Crippen molar-refractivity contribution in [3.05, 3.63) is 94.6 Å². The Morgan fingerprint density at radius 2 is 1.67 bits per heavy atom. The van der Waals surface area contributed by atoms with Crippen LogP contribution in [0, 0.1) is 5.92 Å². The van der Waals surface area contributed by atoms with E-state index in [9.17, 15) is 19.5 Å². The Morgan fingerprint density at radius 3 is 2.28 bits per heavy atom. The number of rotatable bonds is 10. The minimum Gasteiger partial charge on any atom is -0.444 e. The lowest BCUT2D eigenvalue weighted by atomic mass is 9.97. The van der Waals surface area contributed by atoms with Gasteiger partial charge in [-0.25, -0.2) is 9.78 Å². The zero-order valence-corrected chi connectivity index (χ0v) is 24.8. The molecule has 3 N–H and O–H groups in total. The number of aliphatic hydroxyl groups is 1. The van der Waals surface area contributed by atoms with E-state index in [0.29, 0.717) is 11.5 Å². The number of benzene rings is 2. The number of nitrogens with one attached hydrogen (secondary N) is 2. The third-order valence-corrected chi connectivity index (χ3v) is 6.55. The Bertz CT molecular complexity index is 1590. The second kappa shape index (κ2) is 13.4. The summed E-state index contributed by atoms with van der Waals surface area (Å²) in [6.45, 7) is 8.92. The molecule has 4 rings (SSSR count). The van der Waals surface area contributed by atoms with Gasteiger partial charge in [0.2, 0.25) is 17.7 Å². The van der Waals surface area contributed by atoms with Crippen LogP contribution in [-0.2, 0) is 28.1 Å². The van der Waals surface area contributed by atoms with Crippen molar-refractivity contribution < 1.29 is 23.8 Å². The van der Waals surface area contributed by atoms with Crippen LogP contribution >= 0.6 is 0 Å². The van der Waals surface area contributed by atoms with Crippen LogP contribution in [0.4, 0.5) is 10.5 Å². The van der Waals surface area contributed by atoms with E-state index in [-0.39, 0.29) is 29.9 Å². The molecule has 2 amide bonds. The maximum absolute atomic E-state index is 13.6. The number of aromatic nitrogens is 4. The van der Waals surface area contributed by atoms with Crippen LogP contribution in [0.2, 0.25) is 0 Å². The van der Waals surface area contributed by atoms with E-state index >= 15 is 0 Å². The predicted molar refractivity (Wildman–Crippen MR) is 159 cm³/mol. The third kappa shape index (κ3) is 7.92. The summed E-state index contributed by atoms with van der Waals surface area (Å²) in [5.41, 5.74) is 0.130. The van der Waals surface area contributed by atoms with Crippen LogP contribution < -0.4 is 16.2 Å². The molecule has 1 unspecified atom stereocenters. The molecule has 0 fully saturated rings. The van der Waals surface area contributed by atoms with Crippen molar-refractivity contribution >= 4 is 17.7 Å². The predicted octanol–water partition coefficient (Wildman–Crippen LogP) is 4.21. The molecule has 0 saturated carbocycles. The maximum atomic E-state index is 13.6. The lowest BCUT2D eigenvalue weighted by Crippen LogP contribution is -2.45. The lowest BCUT2D eigenvalue weighted by molar-refractivity contribution is -0.124. The van der Waals surface area contributed by atoms with Crippen LogP contribution in [-0.4, -0.2) is 42.9 Å². The smallest absolute Gasteiger partial charge is 0.412 e. The molecule has 0 radical (unpaired) electrons. The fraction of sp³-hybridized carbons (Fsp3) is 0.355. The fourth-order valence-electron chi connectivity index (χ4n) is 4.21. The van der Waals surface area contributed by atoms with Crippen molar-refractivity contribution in [3.8, 4) is 11.4 Å². The van der Waals surface area contributed by atoms with Gasteiger partial charge in [0.1, 0.15) is 24.7 Å². The number of anilines is 1. The second-order valence-electron chi connectivity index (χ2n) is 11.4. The molecule has 0 aliphatic heterocycles. The number of nitrogens with zero attached hydrogens (tertiary/aromatic N) is 4. The van der Waals surface area contributed by atoms with E-state index in [2.05, 4.69) is 25.8 Å². The van der Waals surface area contributed by atoms with Crippen molar-refractivity contribution in [2.75, 3.05) is 5.32 Å². The van der Waals surface area contributed by atoms with Gasteiger partial charge in [-0.15, -0.1) is 10.2 Å². The molecule has 0 bridgehead atoms. The standard InChI is InChI=1S/C31H36N6O6/c1-19(2)24(25(39)27-35-36-29(43-27)31(3,4)5)34-23(38)17-37-26(21-14-10-7-11-15-21)32-16-22(28(37)40)33-30(41)42-18-20-12-8-6-9-13-20/h6-16,19,24-25,39H,17-18H2,1-5H3,(H,33,41)(H,34,38)/t24-,25?/m0/s1. The minimum absolute atomic E-state index is 0.00893. The van der Waals surface area contributed by atoms with E-state index in [1.807, 2.05) is 58.9 Å². The summed E-state index contributed by atoms with van der Waals surface area (Å²) in [6, 6.07) is 17.2. The van der Waals surface area contributed by atoms with E-state index in [1.54, 1.807) is 36.4 Å². The van der Waals surface area contributed by atoms with Crippen LogP contribution in [0.25, 0.3) is 11.4 Å². The first-order valence-corrected chi connectivity index (χ1v) is 13.9. The summed E-state index contributed by atoms with van der Waals surface area (Å²) in [5.74, 6) is -0.254. The van der Waals surface area contributed by atoms with Gasteiger partial charge in [0.05, 0.1) is 12.2 Å². The van der Waals surface area contributed by atoms with Crippen LogP contribution in [0.15, 0.2) is 76.1 Å². The molecule has 0 saturated heterocycles. The van der Waals surface area contributed by atoms with Gasteiger partial charge in [0.15, 0.2) is 6.10 Å². The zero-order chi connectivity index (χ0) is 31.1. The molecule has 2 atom stereocenters. The quantitative estimate of drug-likeness (QED) is 0.246. The summed E-state index contributed by atoms with van der Waals surface area (Å²) in [5, 5.41) is 24.3. The van der Waals surface area contributed by atoms with Gasteiger partial charge >= 0.3 is 6.09 Å². The van der Waals surface area contributed by atoms with E-state index < -0.39 is 41.7 Å². The van der Waals surface area contributed by atoms with Crippen molar-refractivity contribution in [2.45, 2.75) is 65.3 Å². The largest absolute Gasteiger partial charge is 0.444 e. The topological polar surface area (TPSA) is 161 Å². The number of aliphatic hydroxyl groups excluding tert-OH is 1. The maximum Gasteiger partial charge on any atom is 0.412 e. The van der Waals surface area contributed by atoms with E-state index in [1.165, 1.54) is 6.20 Å². The van der Waals surface area contributed by atoms with Gasteiger partial charge in [-0.1, -0.05) is 95.3 Å². The Balaban J connectivity index is 1.56. The summed E-state index contributed by atoms with van der Waals surface area (Å²) < 4.78 is 12.1. The fourth-order valence-corrected chi connectivity index (χ4v) is 4.21. The highest BCUT2D eigenvalue weighted by Gasteiger charge is 2.32. The van der Waals surface area contributed by atoms with Crippen molar-refractivity contribution in [3.63, 3.8) is 0 Å². The number of hydrogen-bond donors (Lipinski definition) is 3. The molecule has 226 valence electrons. The average molecular weight is 589 g/mol. The average Bonchev–Trinajstić information content (AvgIpc) is 3.49. The minimum atomic E-state index is -1.29. The van der Waals surface area contributed by atoms with Gasteiger partial charge in [-0.05, 0) is 11.5 Å². The van der Waals surface area contributed by atoms with Crippen molar-refractivity contribution in [1.29, 1.82) is 0 Å². The van der Waals surface area contributed by atoms with Crippen LogP contribution in [0.1, 0.15) is 58.1 Å². The molecular weight excluding hydrogens is 552 g/mol. The molecule has 2 aromatic carbocycles. The van der Waals surface area contributed by atoms with Gasteiger partial charge < -0.3 is 19.6 Å². The molecule has 4 aromatic rings. The Kier molecular flexibility index (Phi) is 9.71. The van der Waals surface area contributed by atoms with E-state index in [0.717, 1.165) is 10.1 Å². The Morgan fingerprint density at radius 1 is 1.02 bits per heavy atom. The lowest BCUT2D eigenvalue weighted by Gasteiger charge is -2.26. The van der Waals surface area contributed by atoms with Gasteiger partial charge in [-0.3, -0.25) is 19.5 Å². The first kappa shape index (κ1) is 31.1. The monoisotopic (exact) mass is 588 g/mol. The van der Waals surface area contributed by atoms with Crippen LogP contribution in [0.5, 0.6) is 0 Å². The summed E-state index contributed by atoms with van der Waals surface area (Å²) in [4.78, 5) is 43.8. The number of hydrogen-bond acceptors (Lipinski definition) is 9. The summed E-state index contributed by atoms with van der Waals surface area (Å²) in [7, 11) is 0. The molecule has 43 heavy (non-hydrogen) atoms. The SMILES string of the molecule is CC(C)[C@H](NC(=O)Cn1c(-c2ccccc2)ncc(NC(=O)OCc2ccccc2)c1=O)C(O)c1nnc(C(C)(C)C)o1. The normalized spacial score (nSPS) is 12.9. The van der Waals surface area contributed by atoms with Gasteiger partial charge in [0, 0.05) is 11.0 Å². The first-order chi connectivity index (χ1) is 20.4. The third-order valence-electron chi connectivity index (χ3n) is 6.55. The molecule has 0 aliphatic rings. The van der Waals surface area contributed by atoms with Gasteiger partial charge in [-0.2, -0.15) is 0 Å². The molecule has 2 heterocycles. The number of ether oxygens (including phenoxy) is 1. The van der Waals surface area contributed by atoms with Crippen molar-refractivity contribution in [1.82, 2.24) is 25.1 Å². The second-order valence-corrected chi connectivity index (χ2v) is 11.4. The molecule has 12 nitrogen and oxygen atoms in total. The molecule has 12 heteroatoms. The highest BCUT2D eigenvalue weighted by molar-refractivity contribution is 5.84. The van der Waals surface area contributed by atoms with Crippen molar-refractivity contribution in [2.24, 2.45) is 5.92 Å². The number of amides is 2. The van der Waals surface area contributed by atoms with Gasteiger partial charge in [0.25, 0.3) is 5.56 Å². The highest BCUT2D eigenvalue weighted by Crippen LogP contribution is 2.26. The van der Waals surface area contributed by atoms with E-state index in [4.69, 9.17) is 9.15 Å². The molecular formula is C31H36N6O6. The highest BCUT2D eigenvalue weighted by atomic mass is 16.5. The number of carbonyl (C=O) groups excluding carboxylic acids is 2. The summed E-state index contributed by atoms with van der Waals surface area (Å²) >= 11 is 0. The Labute approximate surface area is 249 Å². The number of carbonyl (C=O) groups is 2. The zero-order valence-electron chi connectivity index (χ0n) is 24.8. The molecule has 0 spiro atoms. The first-order valence-electron chi connectivity index (χ1n) is 13.9. The van der Waals surface area contributed by atoms with Crippen LogP contribution in [0.3, 0.4) is 0 Å². The molecule has 2 aromatic heterocycles. The summed E-state index contributed by atoms with van der Waals surface area (Å²) in [6.07, 6.45) is -0.905.